The van der Waals surface area contributed by atoms with Crippen molar-refractivity contribution in [3.63, 3.8) is 0 Å². The summed E-state index contributed by atoms with van der Waals surface area (Å²) in [6.07, 6.45) is 5.72. The summed E-state index contributed by atoms with van der Waals surface area (Å²) in [5, 5.41) is 9.98. The summed E-state index contributed by atoms with van der Waals surface area (Å²) < 4.78 is 0. The molecular formula is C19H26N4OS. The van der Waals surface area contributed by atoms with Crippen molar-refractivity contribution >= 4 is 17.2 Å². The number of aliphatic hydroxyl groups excluding tert-OH is 1. The number of piperidine rings is 1. The van der Waals surface area contributed by atoms with E-state index in [1.54, 1.807) is 12.5 Å². The van der Waals surface area contributed by atoms with Crippen LogP contribution in [0.3, 0.4) is 0 Å². The van der Waals surface area contributed by atoms with Crippen LogP contribution in [-0.2, 0) is 6.54 Å². The van der Waals surface area contributed by atoms with Crippen LogP contribution in [0.5, 0.6) is 0 Å². The highest BCUT2D eigenvalue weighted by Gasteiger charge is 2.47. The lowest BCUT2D eigenvalue weighted by Crippen LogP contribution is -2.44. The van der Waals surface area contributed by atoms with Gasteiger partial charge < -0.3 is 10.0 Å². The molecule has 1 atom stereocenters. The Morgan fingerprint density at radius 1 is 1.28 bits per heavy atom. The van der Waals surface area contributed by atoms with Crippen LogP contribution >= 0.6 is 11.3 Å². The van der Waals surface area contributed by atoms with Crippen LogP contribution in [-0.4, -0.2) is 52.8 Å². The first-order valence-electron chi connectivity index (χ1n) is 9.08. The molecule has 25 heavy (non-hydrogen) atoms. The second kappa shape index (κ2) is 7.02. The van der Waals surface area contributed by atoms with E-state index in [2.05, 4.69) is 38.8 Å². The Balaban J connectivity index is 1.42. The fourth-order valence-electron chi connectivity index (χ4n) is 4.44. The maximum atomic E-state index is 9.98. The van der Waals surface area contributed by atoms with Crippen molar-refractivity contribution in [1.29, 1.82) is 0 Å². The summed E-state index contributed by atoms with van der Waals surface area (Å²) >= 11 is 1.90. The van der Waals surface area contributed by atoms with Gasteiger partial charge in [-0.25, -0.2) is 9.97 Å². The number of aliphatic hydroxyl groups is 1. The second-order valence-electron chi connectivity index (χ2n) is 7.48. The molecule has 6 heteroatoms. The van der Waals surface area contributed by atoms with Crippen molar-refractivity contribution in [2.45, 2.75) is 26.3 Å². The van der Waals surface area contributed by atoms with Crippen molar-refractivity contribution in [2.75, 3.05) is 37.7 Å². The van der Waals surface area contributed by atoms with Crippen LogP contribution in [0.15, 0.2) is 30.7 Å². The van der Waals surface area contributed by atoms with Gasteiger partial charge in [-0.15, -0.1) is 11.3 Å². The monoisotopic (exact) mass is 358 g/mol. The number of hydrogen-bond acceptors (Lipinski definition) is 6. The zero-order valence-corrected chi connectivity index (χ0v) is 15.6. The molecule has 4 rings (SSSR count). The highest BCUT2D eigenvalue weighted by molar-refractivity contribution is 7.11. The Hall–Kier alpha value is -1.50. The quantitative estimate of drug-likeness (QED) is 0.910. The first kappa shape index (κ1) is 16.9. The maximum absolute atomic E-state index is 9.98. The number of hydrogen-bond donors (Lipinski definition) is 1. The molecule has 5 nitrogen and oxygen atoms in total. The molecule has 2 aromatic heterocycles. The zero-order chi connectivity index (χ0) is 17.3. The summed E-state index contributed by atoms with van der Waals surface area (Å²) in [5.41, 5.74) is 0.224. The normalized spacial score (nSPS) is 23.4. The second-order valence-corrected chi connectivity index (χ2v) is 8.85. The van der Waals surface area contributed by atoms with Crippen molar-refractivity contribution in [2.24, 2.45) is 11.3 Å². The van der Waals surface area contributed by atoms with E-state index < -0.39 is 0 Å². The van der Waals surface area contributed by atoms with Crippen LogP contribution in [0.25, 0.3) is 0 Å². The number of anilines is 1. The van der Waals surface area contributed by atoms with Crippen LogP contribution in [0.1, 0.15) is 22.6 Å². The molecular weight excluding hydrogens is 332 g/mol. The van der Waals surface area contributed by atoms with Crippen LogP contribution in [0, 0.1) is 18.3 Å². The van der Waals surface area contributed by atoms with Crippen molar-refractivity contribution < 1.29 is 5.11 Å². The fraction of sp³-hybridized carbons (Fsp3) is 0.579. The summed E-state index contributed by atoms with van der Waals surface area (Å²) in [7, 11) is 0. The van der Waals surface area contributed by atoms with E-state index in [0.717, 1.165) is 51.4 Å². The van der Waals surface area contributed by atoms with E-state index in [4.69, 9.17) is 0 Å². The number of aromatic nitrogens is 2. The molecule has 4 heterocycles. The van der Waals surface area contributed by atoms with Crippen LogP contribution < -0.4 is 4.90 Å². The van der Waals surface area contributed by atoms with Gasteiger partial charge in [0.2, 0.25) is 0 Å². The van der Waals surface area contributed by atoms with E-state index in [0.29, 0.717) is 5.92 Å². The van der Waals surface area contributed by atoms with Crippen molar-refractivity contribution in [3.05, 3.63) is 40.5 Å². The number of likely N-dealkylation sites (tertiary alicyclic amines) is 1. The first-order chi connectivity index (χ1) is 12.2. The summed E-state index contributed by atoms with van der Waals surface area (Å²) in [5.74, 6) is 1.33. The van der Waals surface area contributed by atoms with E-state index in [1.807, 2.05) is 17.4 Å². The smallest absolute Gasteiger partial charge is 0.131 e. The lowest BCUT2D eigenvalue weighted by molar-refractivity contribution is 0.0510. The van der Waals surface area contributed by atoms with Gasteiger partial charge in [0.25, 0.3) is 0 Å². The molecule has 0 saturated carbocycles. The molecule has 0 aromatic carbocycles. The Labute approximate surface area is 153 Å². The summed E-state index contributed by atoms with van der Waals surface area (Å²) in [4.78, 5) is 16.2. The Bertz CT molecular complexity index is 696. The molecule has 1 spiro atoms. The molecule has 2 aliphatic rings. The van der Waals surface area contributed by atoms with Crippen LogP contribution in [0.2, 0.25) is 0 Å². The molecule has 0 radical (unpaired) electrons. The van der Waals surface area contributed by atoms with Gasteiger partial charge in [-0.1, -0.05) is 0 Å². The highest BCUT2D eigenvalue weighted by Crippen LogP contribution is 2.45. The van der Waals surface area contributed by atoms with E-state index in [1.165, 1.54) is 9.75 Å². The minimum Gasteiger partial charge on any atom is -0.396 e. The lowest BCUT2D eigenvalue weighted by atomic mass is 9.71. The number of aryl methyl sites for hydroxylation is 1. The van der Waals surface area contributed by atoms with E-state index >= 15 is 0 Å². The third kappa shape index (κ3) is 3.43. The third-order valence-electron chi connectivity index (χ3n) is 5.95. The first-order valence-corrected chi connectivity index (χ1v) is 9.90. The molecule has 2 fully saturated rings. The average Bonchev–Trinajstić information content (AvgIpc) is 3.21. The lowest BCUT2D eigenvalue weighted by Gasteiger charge is -2.42. The summed E-state index contributed by atoms with van der Waals surface area (Å²) in [6.45, 7) is 7.64. The SMILES string of the molecule is Cc1ccc(CN2CCC3(CC2)CN(c2ccncn2)CC3CO)s1. The van der Waals surface area contributed by atoms with Gasteiger partial charge in [-0.05, 0) is 56.5 Å². The molecule has 1 N–H and O–H groups in total. The Kier molecular flexibility index (Phi) is 4.75. The van der Waals surface area contributed by atoms with Crippen molar-refractivity contribution in [3.8, 4) is 0 Å². The summed E-state index contributed by atoms with van der Waals surface area (Å²) in [6, 6.07) is 6.44. The van der Waals surface area contributed by atoms with Gasteiger partial charge >= 0.3 is 0 Å². The zero-order valence-electron chi connectivity index (χ0n) is 14.8. The van der Waals surface area contributed by atoms with Gasteiger partial charge in [-0.2, -0.15) is 0 Å². The molecule has 0 bridgehead atoms. The van der Waals surface area contributed by atoms with Crippen molar-refractivity contribution in [1.82, 2.24) is 14.9 Å². The topological polar surface area (TPSA) is 52.5 Å². The minimum atomic E-state index is 0.224. The molecule has 2 saturated heterocycles. The third-order valence-corrected chi connectivity index (χ3v) is 6.94. The average molecular weight is 359 g/mol. The van der Waals surface area contributed by atoms with Gasteiger partial charge in [0.05, 0.1) is 0 Å². The van der Waals surface area contributed by atoms with Gasteiger partial charge in [0.15, 0.2) is 0 Å². The number of rotatable bonds is 4. The maximum Gasteiger partial charge on any atom is 0.131 e. The Morgan fingerprint density at radius 2 is 2.12 bits per heavy atom. The number of thiophene rings is 1. The number of nitrogens with zero attached hydrogens (tertiary/aromatic N) is 4. The van der Waals surface area contributed by atoms with E-state index in [-0.39, 0.29) is 12.0 Å². The highest BCUT2D eigenvalue weighted by atomic mass is 32.1. The molecule has 0 aliphatic carbocycles. The fourth-order valence-corrected chi connectivity index (χ4v) is 5.38. The molecule has 2 aromatic rings. The molecule has 134 valence electrons. The van der Waals surface area contributed by atoms with Gasteiger partial charge in [0, 0.05) is 48.1 Å². The minimum absolute atomic E-state index is 0.224. The standard InChI is InChI=1S/C19H26N4OS/c1-15-2-3-17(25-15)11-22-8-5-19(6-9-22)13-23(10-16(19)12-24)18-4-7-20-14-21-18/h2-4,7,14,16,24H,5-6,8-13H2,1H3. The van der Waals surface area contributed by atoms with Gasteiger partial charge in [-0.3, -0.25) is 4.90 Å². The molecule has 0 amide bonds. The predicted molar refractivity (Wildman–Crippen MR) is 101 cm³/mol. The van der Waals surface area contributed by atoms with E-state index in [9.17, 15) is 5.11 Å². The Morgan fingerprint density at radius 3 is 2.76 bits per heavy atom. The largest absolute Gasteiger partial charge is 0.396 e. The predicted octanol–water partition coefficient (Wildman–Crippen LogP) is 2.56. The van der Waals surface area contributed by atoms with Crippen LogP contribution in [0.4, 0.5) is 5.82 Å². The molecule has 1 unspecified atom stereocenters. The van der Waals surface area contributed by atoms with Gasteiger partial charge in [0.1, 0.15) is 12.1 Å². The molecule has 2 aliphatic heterocycles.